The van der Waals surface area contributed by atoms with Crippen molar-refractivity contribution < 1.29 is 30.8 Å². The molecule has 1 aromatic heterocycles. The molecule has 1 amide bonds. The average Bonchev–Trinajstić information content (AvgIpc) is 3.30. The Morgan fingerprint density at radius 2 is 1.85 bits per heavy atom. The molecule has 2 aromatic carbocycles. The van der Waals surface area contributed by atoms with Crippen LogP contribution in [0.15, 0.2) is 46.2 Å². The first kappa shape index (κ1) is 29.9. The number of halogens is 4. The minimum absolute atomic E-state index is 0.00268. The Labute approximate surface area is 233 Å². The normalized spacial score (nSPS) is 15.0. The van der Waals surface area contributed by atoms with Crippen LogP contribution in [-0.4, -0.2) is 58.3 Å². The highest BCUT2D eigenvalue weighted by molar-refractivity contribution is 7.99. The lowest BCUT2D eigenvalue weighted by Gasteiger charge is -2.32. The van der Waals surface area contributed by atoms with Gasteiger partial charge in [-0.05, 0) is 78.8 Å². The largest absolute Gasteiger partial charge is 0.416 e. The van der Waals surface area contributed by atoms with E-state index in [2.05, 4.69) is 15.4 Å². The maximum atomic E-state index is 14.3. The smallest absolute Gasteiger partial charge is 0.343 e. The van der Waals surface area contributed by atoms with Crippen molar-refractivity contribution >= 4 is 27.7 Å². The Morgan fingerprint density at radius 1 is 1.12 bits per heavy atom. The lowest BCUT2D eigenvalue weighted by molar-refractivity contribution is -0.137. The van der Waals surface area contributed by atoms with E-state index in [1.54, 1.807) is 11.8 Å². The van der Waals surface area contributed by atoms with Crippen molar-refractivity contribution in [3.05, 3.63) is 64.7 Å². The van der Waals surface area contributed by atoms with E-state index in [1.165, 1.54) is 34.8 Å². The fourth-order valence-corrected chi connectivity index (χ4v) is 6.10. The van der Waals surface area contributed by atoms with Crippen molar-refractivity contribution in [1.82, 2.24) is 25.1 Å². The van der Waals surface area contributed by atoms with Gasteiger partial charge in [0.05, 0.1) is 17.0 Å². The molecule has 3 aromatic rings. The van der Waals surface area contributed by atoms with Gasteiger partial charge in [0.15, 0.2) is 5.82 Å². The van der Waals surface area contributed by atoms with Gasteiger partial charge >= 0.3 is 6.18 Å². The van der Waals surface area contributed by atoms with Crippen LogP contribution >= 0.6 is 11.8 Å². The SMILES string of the molecule is Cc1nnn(Cc2cc(C(F)(F)F)ccc2CCC(=O)N2CCC(CSc3ccc(S(N)(=O)=O)cc3F)CC2)n1. The predicted octanol–water partition coefficient (Wildman–Crippen LogP) is 3.80. The van der Waals surface area contributed by atoms with Crippen LogP contribution in [-0.2, 0) is 34.0 Å². The molecule has 216 valence electrons. The topological polar surface area (TPSA) is 124 Å². The number of benzene rings is 2. The second-order valence-electron chi connectivity index (χ2n) is 9.62. The molecule has 1 saturated heterocycles. The molecule has 0 radical (unpaired) electrons. The Morgan fingerprint density at radius 3 is 2.45 bits per heavy atom. The zero-order chi connectivity index (χ0) is 29.1. The van der Waals surface area contributed by atoms with E-state index in [-0.39, 0.29) is 36.1 Å². The first-order valence-electron chi connectivity index (χ1n) is 12.5. The lowest BCUT2D eigenvalue weighted by atomic mass is 9.97. The molecule has 1 aliphatic rings. The number of likely N-dealkylation sites (tertiary alicyclic amines) is 1. The van der Waals surface area contributed by atoms with E-state index >= 15 is 0 Å². The van der Waals surface area contributed by atoms with Crippen LogP contribution in [0.25, 0.3) is 0 Å². The van der Waals surface area contributed by atoms with E-state index in [4.69, 9.17) is 5.14 Å². The summed E-state index contributed by atoms with van der Waals surface area (Å²) in [7, 11) is -3.98. The molecule has 15 heteroatoms. The molecule has 1 aliphatic heterocycles. The van der Waals surface area contributed by atoms with Crippen molar-refractivity contribution in [2.24, 2.45) is 11.1 Å². The Balaban J connectivity index is 1.30. The van der Waals surface area contributed by atoms with Crippen molar-refractivity contribution in [1.29, 1.82) is 0 Å². The summed E-state index contributed by atoms with van der Waals surface area (Å²) in [4.78, 5) is 15.9. The minimum Gasteiger partial charge on any atom is -0.343 e. The van der Waals surface area contributed by atoms with Crippen LogP contribution in [0, 0.1) is 18.7 Å². The average molecular weight is 601 g/mol. The van der Waals surface area contributed by atoms with Crippen molar-refractivity contribution in [2.75, 3.05) is 18.8 Å². The Kier molecular flexibility index (Phi) is 9.15. The molecule has 9 nitrogen and oxygen atoms in total. The summed E-state index contributed by atoms with van der Waals surface area (Å²) in [5.41, 5.74) is 0.202. The summed E-state index contributed by atoms with van der Waals surface area (Å²) in [6, 6.07) is 7.05. The van der Waals surface area contributed by atoms with Gasteiger partial charge in [0.2, 0.25) is 15.9 Å². The molecule has 0 bridgehead atoms. The molecule has 0 atom stereocenters. The highest BCUT2D eigenvalue weighted by Gasteiger charge is 2.31. The molecule has 4 rings (SSSR count). The van der Waals surface area contributed by atoms with Gasteiger partial charge in [0.1, 0.15) is 5.82 Å². The number of nitrogens with two attached hydrogens (primary N) is 1. The first-order valence-corrected chi connectivity index (χ1v) is 15.0. The molecule has 2 N–H and O–H groups in total. The summed E-state index contributed by atoms with van der Waals surface area (Å²) in [6.07, 6.45) is -2.65. The first-order chi connectivity index (χ1) is 18.8. The third-order valence-corrected chi connectivity index (χ3v) is 8.87. The van der Waals surface area contributed by atoms with Gasteiger partial charge in [-0.25, -0.2) is 17.9 Å². The third kappa shape index (κ3) is 7.79. The maximum Gasteiger partial charge on any atom is 0.416 e. The van der Waals surface area contributed by atoms with Gasteiger partial charge in [-0.2, -0.15) is 18.0 Å². The number of sulfonamides is 1. The van der Waals surface area contributed by atoms with Gasteiger partial charge in [-0.3, -0.25) is 4.79 Å². The quantitative estimate of drug-likeness (QED) is 0.293. The molecule has 0 saturated carbocycles. The Hall–Kier alpha value is -3.04. The predicted molar refractivity (Wildman–Crippen MR) is 139 cm³/mol. The second kappa shape index (κ2) is 12.2. The standard InChI is InChI=1S/C25H28F4N6O3S2/c1-16-31-33-35(32-16)14-19-12-20(25(27,28)29)4-2-18(19)3-7-24(36)34-10-8-17(9-11-34)15-39-23-6-5-21(13-22(23)26)40(30,37)38/h2,4-6,12-13,17H,3,7-11,14-15H2,1H3,(H2,30,37,38). The number of carbonyl (C=O) groups is 1. The van der Waals surface area contributed by atoms with Crippen LogP contribution in [0.1, 0.15) is 41.8 Å². The van der Waals surface area contributed by atoms with Crippen LogP contribution in [0.2, 0.25) is 0 Å². The molecule has 0 aliphatic carbocycles. The van der Waals surface area contributed by atoms with Crippen LogP contribution in [0.3, 0.4) is 0 Å². The number of alkyl halides is 3. The second-order valence-corrected chi connectivity index (χ2v) is 12.2. The number of carbonyl (C=O) groups excluding carboxylic acids is 1. The maximum absolute atomic E-state index is 14.3. The van der Waals surface area contributed by atoms with E-state index in [0.717, 1.165) is 31.0 Å². The number of amides is 1. The highest BCUT2D eigenvalue weighted by Crippen LogP contribution is 2.32. The van der Waals surface area contributed by atoms with E-state index in [1.807, 2.05) is 0 Å². The highest BCUT2D eigenvalue weighted by atomic mass is 32.2. The number of hydrogen-bond donors (Lipinski definition) is 1. The van der Waals surface area contributed by atoms with Crippen molar-refractivity contribution in [2.45, 2.75) is 55.1 Å². The number of tetrazole rings is 1. The number of aromatic nitrogens is 4. The van der Waals surface area contributed by atoms with Crippen molar-refractivity contribution in [3.63, 3.8) is 0 Å². The lowest BCUT2D eigenvalue weighted by Crippen LogP contribution is -2.39. The summed E-state index contributed by atoms with van der Waals surface area (Å²) in [5, 5.41) is 16.7. The molecule has 0 spiro atoms. The number of rotatable bonds is 9. The van der Waals surface area contributed by atoms with Crippen LogP contribution in [0.4, 0.5) is 17.6 Å². The summed E-state index contributed by atoms with van der Waals surface area (Å²) in [5.74, 6) is 0.512. The number of hydrogen-bond acceptors (Lipinski definition) is 7. The van der Waals surface area contributed by atoms with Gasteiger partial charge < -0.3 is 4.90 Å². The number of thioether (sulfide) groups is 1. The fourth-order valence-electron chi connectivity index (χ4n) is 4.47. The summed E-state index contributed by atoms with van der Waals surface area (Å²) in [6.45, 7) is 2.68. The molecule has 0 unspecified atom stereocenters. The number of aryl methyl sites for hydroxylation is 2. The van der Waals surface area contributed by atoms with Crippen molar-refractivity contribution in [3.8, 4) is 0 Å². The zero-order valence-corrected chi connectivity index (χ0v) is 23.2. The number of nitrogens with zero attached hydrogens (tertiary/aromatic N) is 5. The van der Waals surface area contributed by atoms with Gasteiger partial charge in [-0.1, -0.05) is 6.07 Å². The van der Waals surface area contributed by atoms with E-state index in [9.17, 15) is 30.8 Å². The molecule has 2 heterocycles. The zero-order valence-electron chi connectivity index (χ0n) is 21.6. The molecule has 1 fully saturated rings. The van der Waals surface area contributed by atoms with Crippen LogP contribution < -0.4 is 5.14 Å². The number of piperidine rings is 1. The van der Waals surface area contributed by atoms with E-state index < -0.39 is 27.6 Å². The van der Waals surface area contributed by atoms with Gasteiger partial charge in [-0.15, -0.1) is 22.0 Å². The van der Waals surface area contributed by atoms with E-state index in [0.29, 0.717) is 40.7 Å². The van der Waals surface area contributed by atoms with Gasteiger partial charge in [0.25, 0.3) is 0 Å². The van der Waals surface area contributed by atoms with Gasteiger partial charge in [0, 0.05) is 30.2 Å². The number of primary sulfonamides is 1. The third-order valence-electron chi connectivity index (χ3n) is 6.68. The molecular weight excluding hydrogens is 572 g/mol. The molecule has 40 heavy (non-hydrogen) atoms. The fraction of sp³-hybridized carbons (Fsp3) is 0.440. The summed E-state index contributed by atoms with van der Waals surface area (Å²) >= 11 is 1.29. The van der Waals surface area contributed by atoms with Crippen LogP contribution in [0.5, 0.6) is 0 Å². The minimum atomic E-state index is -4.50. The Bertz CT molecular complexity index is 1470. The molecular formula is C25H28F4N6O3S2. The monoisotopic (exact) mass is 600 g/mol. The summed E-state index contributed by atoms with van der Waals surface area (Å²) < 4.78 is 77.0.